The van der Waals surface area contributed by atoms with Gasteiger partial charge in [-0.25, -0.2) is 8.42 Å². The molecule has 1 amide bonds. The van der Waals surface area contributed by atoms with Crippen LogP contribution in [0.1, 0.15) is 28.8 Å². The van der Waals surface area contributed by atoms with Crippen molar-refractivity contribution < 1.29 is 17.9 Å². The molecule has 1 fully saturated rings. The summed E-state index contributed by atoms with van der Waals surface area (Å²) in [6.45, 7) is 1.79. The zero-order valence-electron chi connectivity index (χ0n) is 14.1. The van der Waals surface area contributed by atoms with Crippen molar-refractivity contribution in [3.05, 3.63) is 53.6 Å². The maximum atomic E-state index is 12.6. The highest BCUT2D eigenvalue weighted by atomic mass is 32.2. The summed E-state index contributed by atoms with van der Waals surface area (Å²) in [5, 5.41) is 2.89. The van der Waals surface area contributed by atoms with Crippen molar-refractivity contribution in [1.29, 1.82) is 0 Å². The van der Waals surface area contributed by atoms with Gasteiger partial charge in [0, 0.05) is 11.6 Å². The van der Waals surface area contributed by atoms with Gasteiger partial charge in [0.15, 0.2) is 0 Å². The van der Waals surface area contributed by atoms with Crippen LogP contribution in [0.2, 0.25) is 0 Å². The number of rotatable bonds is 6. The van der Waals surface area contributed by atoms with Gasteiger partial charge >= 0.3 is 0 Å². The van der Waals surface area contributed by atoms with Crippen molar-refractivity contribution in [2.24, 2.45) is 0 Å². The van der Waals surface area contributed by atoms with Crippen LogP contribution < -0.4 is 14.8 Å². The van der Waals surface area contributed by atoms with E-state index in [2.05, 4.69) is 10.0 Å². The molecule has 132 valence electrons. The van der Waals surface area contributed by atoms with E-state index >= 15 is 0 Å². The summed E-state index contributed by atoms with van der Waals surface area (Å²) in [5.41, 5.74) is 1.56. The van der Waals surface area contributed by atoms with Crippen molar-refractivity contribution in [2.75, 3.05) is 11.8 Å². The minimum atomic E-state index is -3.75. The molecule has 1 saturated carbocycles. The van der Waals surface area contributed by atoms with Crippen molar-refractivity contribution in [2.45, 2.75) is 30.7 Å². The molecular weight excluding hydrogens is 340 g/mol. The Bertz CT molecular complexity index is 888. The number of ether oxygens (including phenoxy) is 1. The van der Waals surface area contributed by atoms with Gasteiger partial charge < -0.3 is 10.1 Å². The molecule has 0 aliphatic heterocycles. The molecule has 0 saturated heterocycles. The summed E-state index contributed by atoms with van der Waals surface area (Å²) < 4.78 is 32.7. The maximum Gasteiger partial charge on any atom is 0.261 e. The molecule has 2 N–H and O–H groups in total. The Hall–Kier alpha value is -2.54. The van der Waals surface area contributed by atoms with E-state index in [0.29, 0.717) is 17.0 Å². The van der Waals surface area contributed by atoms with Gasteiger partial charge in [0.05, 0.1) is 17.7 Å². The summed E-state index contributed by atoms with van der Waals surface area (Å²) in [5.74, 6) is 0.390. The maximum absolute atomic E-state index is 12.6. The molecule has 1 aliphatic rings. The molecule has 2 aromatic rings. The minimum Gasteiger partial charge on any atom is -0.497 e. The predicted octanol–water partition coefficient (Wildman–Crippen LogP) is 2.70. The molecular formula is C18H20N2O4S. The Kier molecular flexibility index (Phi) is 4.67. The Morgan fingerprint density at radius 3 is 2.40 bits per heavy atom. The number of carbonyl (C=O) groups is 1. The number of nitrogens with one attached hydrogen (secondary N) is 2. The molecule has 2 aromatic carbocycles. The summed E-state index contributed by atoms with van der Waals surface area (Å²) in [6.07, 6.45) is 1.99. The molecule has 0 spiro atoms. The topological polar surface area (TPSA) is 84.5 Å². The molecule has 25 heavy (non-hydrogen) atoms. The third-order valence-corrected chi connectivity index (χ3v) is 5.41. The van der Waals surface area contributed by atoms with E-state index in [-0.39, 0.29) is 16.8 Å². The van der Waals surface area contributed by atoms with E-state index < -0.39 is 10.0 Å². The van der Waals surface area contributed by atoms with Gasteiger partial charge in [-0.3, -0.25) is 9.52 Å². The predicted molar refractivity (Wildman–Crippen MR) is 95.5 cm³/mol. The smallest absolute Gasteiger partial charge is 0.261 e. The van der Waals surface area contributed by atoms with E-state index in [1.54, 1.807) is 37.3 Å². The van der Waals surface area contributed by atoms with Crippen molar-refractivity contribution >= 4 is 21.6 Å². The second-order valence-electron chi connectivity index (χ2n) is 6.06. The zero-order chi connectivity index (χ0) is 18.0. The van der Waals surface area contributed by atoms with Crippen LogP contribution >= 0.6 is 0 Å². The fraction of sp³-hybridized carbons (Fsp3) is 0.278. The normalized spacial score (nSPS) is 14.0. The van der Waals surface area contributed by atoms with Crippen LogP contribution in [0, 0.1) is 6.92 Å². The summed E-state index contributed by atoms with van der Waals surface area (Å²) in [4.78, 5) is 12.3. The average molecular weight is 360 g/mol. The number of aryl methyl sites for hydroxylation is 1. The molecule has 3 rings (SSSR count). The molecule has 0 unspecified atom stereocenters. The highest BCUT2D eigenvalue weighted by Gasteiger charge is 2.24. The first kappa shape index (κ1) is 17.3. The van der Waals surface area contributed by atoms with Gasteiger partial charge in [-0.15, -0.1) is 0 Å². The van der Waals surface area contributed by atoms with E-state index in [9.17, 15) is 13.2 Å². The van der Waals surface area contributed by atoms with Crippen LogP contribution in [-0.4, -0.2) is 27.5 Å². The highest BCUT2D eigenvalue weighted by molar-refractivity contribution is 7.92. The second kappa shape index (κ2) is 6.76. The van der Waals surface area contributed by atoms with Gasteiger partial charge in [-0.05, 0) is 61.7 Å². The lowest BCUT2D eigenvalue weighted by Crippen LogP contribution is -2.25. The summed E-state index contributed by atoms with van der Waals surface area (Å²) >= 11 is 0. The molecule has 7 heteroatoms. The number of hydrogen-bond acceptors (Lipinski definition) is 4. The number of carbonyl (C=O) groups excluding carboxylic acids is 1. The lowest BCUT2D eigenvalue weighted by Gasteiger charge is -2.13. The number of benzene rings is 2. The number of anilines is 1. The van der Waals surface area contributed by atoms with Gasteiger partial charge in [-0.1, -0.05) is 6.07 Å². The van der Waals surface area contributed by atoms with E-state index in [4.69, 9.17) is 4.74 Å². The molecule has 0 aromatic heterocycles. The average Bonchev–Trinajstić information content (AvgIpc) is 3.40. The summed E-state index contributed by atoms with van der Waals surface area (Å²) in [6, 6.07) is 11.3. The second-order valence-corrected chi connectivity index (χ2v) is 7.74. The van der Waals surface area contributed by atoms with E-state index in [0.717, 1.165) is 18.4 Å². The first-order chi connectivity index (χ1) is 11.9. The van der Waals surface area contributed by atoms with Crippen LogP contribution in [0.4, 0.5) is 5.69 Å². The van der Waals surface area contributed by atoms with Gasteiger partial charge in [-0.2, -0.15) is 0 Å². The van der Waals surface area contributed by atoms with Crippen molar-refractivity contribution in [3.8, 4) is 5.75 Å². The molecule has 1 aliphatic carbocycles. The molecule has 0 bridgehead atoms. The monoisotopic (exact) mass is 360 g/mol. The van der Waals surface area contributed by atoms with Crippen molar-refractivity contribution in [1.82, 2.24) is 5.32 Å². The van der Waals surface area contributed by atoms with Gasteiger partial charge in [0.1, 0.15) is 5.75 Å². The van der Waals surface area contributed by atoms with E-state index in [1.165, 1.54) is 19.2 Å². The number of methoxy groups -OCH3 is 1. The highest BCUT2D eigenvalue weighted by Crippen LogP contribution is 2.24. The lowest BCUT2D eigenvalue weighted by atomic mass is 10.1. The number of amides is 1. The number of sulfonamides is 1. The molecule has 0 heterocycles. The zero-order valence-corrected chi connectivity index (χ0v) is 14.9. The standard InChI is InChI=1S/C18H20N2O4S/c1-12-3-4-13(18(21)19-14-5-6-14)11-17(12)20-25(22,23)16-9-7-15(24-2)8-10-16/h3-4,7-11,14,20H,5-6H2,1-2H3,(H,19,21). The fourth-order valence-corrected chi connectivity index (χ4v) is 3.45. The van der Waals surface area contributed by atoms with Crippen LogP contribution in [-0.2, 0) is 10.0 Å². The molecule has 6 nitrogen and oxygen atoms in total. The Balaban J connectivity index is 1.83. The lowest BCUT2D eigenvalue weighted by molar-refractivity contribution is 0.0951. The van der Waals surface area contributed by atoms with Crippen LogP contribution in [0.15, 0.2) is 47.4 Å². The van der Waals surface area contributed by atoms with Crippen molar-refractivity contribution in [3.63, 3.8) is 0 Å². The first-order valence-electron chi connectivity index (χ1n) is 7.97. The summed E-state index contributed by atoms with van der Waals surface area (Å²) in [7, 11) is -2.23. The fourth-order valence-electron chi connectivity index (χ4n) is 2.33. The quantitative estimate of drug-likeness (QED) is 0.829. The van der Waals surface area contributed by atoms with Gasteiger partial charge in [0.2, 0.25) is 0 Å². The van der Waals surface area contributed by atoms with Crippen LogP contribution in [0.5, 0.6) is 5.75 Å². The molecule has 0 atom stereocenters. The van der Waals surface area contributed by atoms with Crippen LogP contribution in [0.25, 0.3) is 0 Å². The third-order valence-electron chi connectivity index (χ3n) is 4.03. The van der Waals surface area contributed by atoms with Crippen LogP contribution in [0.3, 0.4) is 0 Å². The molecule has 0 radical (unpaired) electrons. The minimum absolute atomic E-state index is 0.125. The van der Waals surface area contributed by atoms with Gasteiger partial charge in [0.25, 0.3) is 15.9 Å². The Labute approximate surface area is 147 Å². The first-order valence-corrected chi connectivity index (χ1v) is 9.46. The Morgan fingerprint density at radius 1 is 1.12 bits per heavy atom. The van der Waals surface area contributed by atoms with E-state index in [1.807, 2.05) is 0 Å². The SMILES string of the molecule is COc1ccc(S(=O)(=O)Nc2cc(C(=O)NC3CC3)ccc2C)cc1. The largest absolute Gasteiger partial charge is 0.497 e. The number of hydrogen-bond donors (Lipinski definition) is 2. The third kappa shape index (κ3) is 4.11. The Morgan fingerprint density at radius 2 is 1.80 bits per heavy atom.